The van der Waals surface area contributed by atoms with E-state index >= 15 is 0 Å². The van der Waals surface area contributed by atoms with Gasteiger partial charge < -0.3 is 0 Å². The highest BCUT2D eigenvalue weighted by Gasteiger charge is 2.21. The van der Waals surface area contributed by atoms with Gasteiger partial charge in [0.05, 0.1) is 0 Å². The molecule has 0 fully saturated rings. The minimum absolute atomic E-state index is 0.618. The minimum atomic E-state index is 0.618. The van der Waals surface area contributed by atoms with Crippen molar-refractivity contribution < 1.29 is 0 Å². The average Bonchev–Trinajstić information content (AvgIpc) is 3.61. The summed E-state index contributed by atoms with van der Waals surface area (Å²) in [5, 5.41) is 14.5. The summed E-state index contributed by atoms with van der Waals surface area (Å²) in [4.78, 5) is 16.1. The van der Waals surface area contributed by atoms with E-state index in [0.717, 1.165) is 58.7 Å². The molecule has 11 aromatic rings. The molecule has 0 bridgehead atoms. The maximum absolute atomic E-state index is 7.04. The molecule has 0 N–H and O–H groups in total. The maximum atomic E-state index is 7.04. The Bertz CT molecular complexity index is 3140. The molecule has 52 heavy (non-hydrogen) atoms. The van der Waals surface area contributed by atoms with Gasteiger partial charge in [0.15, 0.2) is 17.5 Å². The summed E-state index contributed by atoms with van der Waals surface area (Å²) in [6.45, 7) is 0. The lowest BCUT2D eigenvalue weighted by atomic mass is 9.96. The fraction of sp³-hybridized carbons (Fsp3) is 0. The van der Waals surface area contributed by atoms with Gasteiger partial charge >= 0.3 is 0 Å². The van der Waals surface area contributed by atoms with Crippen LogP contribution in [0.1, 0.15) is 0 Å². The molecule has 9 aromatic carbocycles. The van der Waals surface area contributed by atoms with E-state index in [-0.39, 0.29) is 0 Å². The van der Waals surface area contributed by atoms with Crippen molar-refractivity contribution in [3.8, 4) is 34.2 Å². The van der Waals surface area contributed by atoms with Crippen LogP contribution in [0.5, 0.6) is 0 Å². The number of thiophene rings is 1. The summed E-state index contributed by atoms with van der Waals surface area (Å²) in [5.74, 6) is 1.88. The molecule has 0 aliphatic heterocycles. The topological polar surface area (TPSA) is 38.7 Å². The molecular formula is C47H26ClN3S. The first-order valence-electron chi connectivity index (χ1n) is 17.3. The summed E-state index contributed by atoms with van der Waals surface area (Å²) in [6, 6.07) is 55.5. The molecule has 3 nitrogen and oxygen atoms in total. The molecule has 0 radical (unpaired) electrons. The van der Waals surface area contributed by atoms with Crippen LogP contribution in [0.25, 0.3) is 108 Å². The van der Waals surface area contributed by atoms with Gasteiger partial charge in [0, 0.05) is 41.9 Å². The second-order valence-electron chi connectivity index (χ2n) is 13.3. The molecule has 0 atom stereocenters. The van der Waals surface area contributed by atoms with Crippen LogP contribution in [0, 0.1) is 0 Å². The van der Waals surface area contributed by atoms with Gasteiger partial charge in [0.2, 0.25) is 0 Å². The molecule has 0 aliphatic rings. The van der Waals surface area contributed by atoms with Crippen molar-refractivity contribution in [1.29, 1.82) is 0 Å². The van der Waals surface area contributed by atoms with Gasteiger partial charge in [-0.3, -0.25) is 0 Å². The number of aromatic nitrogens is 3. The molecule has 0 aliphatic carbocycles. The molecule has 2 aromatic heterocycles. The van der Waals surface area contributed by atoms with Crippen LogP contribution in [0.4, 0.5) is 0 Å². The van der Waals surface area contributed by atoms with Crippen molar-refractivity contribution >= 4 is 97.0 Å². The normalized spacial score (nSPS) is 11.9. The third-order valence-electron chi connectivity index (χ3n) is 10.4. The highest BCUT2D eigenvalue weighted by atomic mass is 35.5. The summed E-state index contributed by atoms with van der Waals surface area (Å²) >= 11 is 8.79. The fourth-order valence-electron chi connectivity index (χ4n) is 7.96. The van der Waals surface area contributed by atoms with Gasteiger partial charge in [-0.2, -0.15) is 0 Å². The van der Waals surface area contributed by atoms with Crippen LogP contribution in [-0.2, 0) is 0 Å². The quantitative estimate of drug-likeness (QED) is 0.172. The SMILES string of the molecule is Clc1ccc(-c2nc(-c3cc4ccccc4c4ccccc34)nc(-c3cc4ccccc4c4ccccc34)n2)c2sc3c4ccccc4ccc3c12. The predicted molar refractivity (Wildman–Crippen MR) is 222 cm³/mol. The first-order valence-corrected chi connectivity index (χ1v) is 18.5. The molecule has 5 heteroatoms. The van der Waals surface area contributed by atoms with E-state index in [1.165, 1.54) is 37.0 Å². The largest absolute Gasteiger partial charge is 0.208 e. The van der Waals surface area contributed by atoms with Crippen LogP contribution in [-0.4, -0.2) is 15.0 Å². The standard InChI is InChI=1S/C47H26ClN3S/c48-41-24-23-38(44-42(41)37-22-21-27-11-1-6-16-32(27)43(37)52-44)45-49-46(39-25-28-12-2-4-14-30(28)33-17-7-9-19-35(33)39)51-47(50-45)40-26-29-13-3-5-15-31(29)34-18-8-10-20-36(34)40/h1-26H. The Morgan fingerprint density at radius 2 is 0.808 bits per heavy atom. The van der Waals surface area contributed by atoms with Gasteiger partial charge in [-0.05, 0) is 78.1 Å². The molecule has 0 saturated heterocycles. The van der Waals surface area contributed by atoms with Crippen molar-refractivity contribution in [2.24, 2.45) is 0 Å². The molecule has 242 valence electrons. The lowest BCUT2D eigenvalue weighted by Crippen LogP contribution is -2.01. The molecular weight excluding hydrogens is 674 g/mol. The Labute approximate surface area is 307 Å². The zero-order valence-electron chi connectivity index (χ0n) is 27.6. The van der Waals surface area contributed by atoms with Crippen molar-refractivity contribution in [3.05, 3.63) is 163 Å². The van der Waals surface area contributed by atoms with Gasteiger partial charge in [-0.1, -0.05) is 145 Å². The van der Waals surface area contributed by atoms with Gasteiger partial charge in [-0.25, -0.2) is 15.0 Å². The van der Waals surface area contributed by atoms with Crippen molar-refractivity contribution in [2.75, 3.05) is 0 Å². The highest BCUT2D eigenvalue weighted by Crippen LogP contribution is 2.46. The molecule has 2 heterocycles. The number of hydrogen-bond donors (Lipinski definition) is 0. The fourth-order valence-corrected chi connectivity index (χ4v) is 9.65. The predicted octanol–water partition coefficient (Wildman–Crippen LogP) is 13.7. The Morgan fingerprint density at radius 1 is 0.346 bits per heavy atom. The van der Waals surface area contributed by atoms with E-state index in [0.29, 0.717) is 17.5 Å². The third kappa shape index (κ3) is 4.42. The van der Waals surface area contributed by atoms with Gasteiger partial charge in [0.1, 0.15) is 0 Å². The average molecular weight is 700 g/mol. The maximum Gasteiger partial charge on any atom is 0.165 e. The lowest BCUT2D eigenvalue weighted by molar-refractivity contribution is 1.08. The lowest BCUT2D eigenvalue weighted by Gasteiger charge is -2.14. The van der Waals surface area contributed by atoms with Crippen molar-refractivity contribution in [3.63, 3.8) is 0 Å². The third-order valence-corrected chi connectivity index (χ3v) is 11.9. The first kappa shape index (κ1) is 29.5. The number of benzene rings is 9. The van der Waals surface area contributed by atoms with Crippen LogP contribution in [0.15, 0.2) is 158 Å². The van der Waals surface area contributed by atoms with E-state index in [1.54, 1.807) is 11.3 Å². The second-order valence-corrected chi connectivity index (χ2v) is 14.7. The summed E-state index contributed by atoms with van der Waals surface area (Å²) in [5.41, 5.74) is 2.87. The Hall–Kier alpha value is -6.20. The number of hydrogen-bond acceptors (Lipinski definition) is 4. The monoisotopic (exact) mass is 699 g/mol. The number of nitrogens with zero attached hydrogens (tertiary/aromatic N) is 3. The molecule has 0 amide bonds. The Morgan fingerprint density at radius 3 is 1.38 bits per heavy atom. The van der Waals surface area contributed by atoms with Crippen LogP contribution in [0.2, 0.25) is 5.02 Å². The van der Waals surface area contributed by atoms with Crippen molar-refractivity contribution in [2.45, 2.75) is 0 Å². The number of halogens is 1. The first-order chi connectivity index (χ1) is 25.7. The van der Waals surface area contributed by atoms with Gasteiger partial charge in [0.25, 0.3) is 0 Å². The second kappa shape index (κ2) is 11.4. The van der Waals surface area contributed by atoms with Crippen LogP contribution in [0.3, 0.4) is 0 Å². The summed E-state index contributed by atoms with van der Waals surface area (Å²) < 4.78 is 2.27. The van der Waals surface area contributed by atoms with Crippen LogP contribution >= 0.6 is 22.9 Å². The zero-order valence-corrected chi connectivity index (χ0v) is 29.2. The van der Waals surface area contributed by atoms with Gasteiger partial charge in [-0.15, -0.1) is 11.3 Å². The van der Waals surface area contributed by atoms with E-state index in [1.807, 2.05) is 6.07 Å². The number of rotatable bonds is 3. The molecule has 0 spiro atoms. The van der Waals surface area contributed by atoms with Crippen molar-refractivity contribution in [1.82, 2.24) is 15.0 Å². The smallest absolute Gasteiger partial charge is 0.165 e. The van der Waals surface area contributed by atoms with E-state index in [4.69, 9.17) is 26.6 Å². The highest BCUT2D eigenvalue weighted by molar-refractivity contribution is 7.27. The van der Waals surface area contributed by atoms with E-state index in [2.05, 4.69) is 152 Å². The molecule has 0 saturated carbocycles. The number of fused-ring (bicyclic) bond motifs is 11. The summed E-state index contributed by atoms with van der Waals surface area (Å²) in [6.07, 6.45) is 0. The Balaban J connectivity index is 1.26. The van der Waals surface area contributed by atoms with Crippen LogP contribution < -0.4 is 0 Å². The molecule has 0 unspecified atom stereocenters. The summed E-state index contributed by atoms with van der Waals surface area (Å²) in [7, 11) is 0. The zero-order chi connectivity index (χ0) is 34.3. The minimum Gasteiger partial charge on any atom is -0.208 e. The van der Waals surface area contributed by atoms with E-state index < -0.39 is 0 Å². The Kier molecular flexibility index (Phi) is 6.48. The molecule has 11 rings (SSSR count). The van der Waals surface area contributed by atoms with E-state index in [9.17, 15) is 0 Å².